The number of unbranched alkanes of at least 4 members (excludes halogenated alkanes) is 15. The Balaban J connectivity index is 1.94. The van der Waals surface area contributed by atoms with Crippen LogP contribution >= 0.6 is 0 Å². The van der Waals surface area contributed by atoms with Crippen LogP contribution in [-0.2, 0) is 9.84 Å². The molecule has 3 nitrogen and oxygen atoms in total. The van der Waals surface area contributed by atoms with Crippen LogP contribution in [0.4, 0.5) is 0 Å². The minimum absolute atomic E-state index is 0.181. The van der Waals surface area contributed by atoms with E-state index in [4.69, 9.17) is 5.26 Å². The minimum Gasteiger partial charge on any atom is -0.224 e. The van der Waals surface area contributed by atoms with Crippen LogP contribution in [-0.4, -0.2) is 14.2 Å². The van der Waals surface area contributed by atoms with Crippen molar-refractivity contribution in [1.29, 1.82) is 5.26 Å². The van der Waals surface area contributed by atoms with Gasteiger partial charge in [0.15, 0.2) is 9.84 Å². The van der Waals surface area contributed by atoms with E-state index in [-0.39, 0.29) is 10.6 Å². The molecule has 4 heteroatoms. The van der Waals surface area contributed by atoms with Gasteiger partial charge in [-0.05, 0) is 24.6 Å². The van der Waals surface area contributed by atoms with Gasteiger partial charge >= 0.3 is 0 Å². The Morgan fingerprint density at radius 1 is 0.724 bits per heavy atom. The first-order valence-corrected chi connectivity index (χ1v) is 13.5. The van der Waals surface area contributed by atoms with E-state index in [0.717, 1.165) is 12.8 Å². The molecule has 0 N–H and O–H groups in total. The second-order valence-corrected chi connectivity index (χ2v) is 10.4. The van der Waals surface area contributed by atoms with Crippen LogP contribution in [0.15, 0.2) is 29.2 Å². The van der Waals surface area contributed by atoms with Crippen molar-refractivity contribution in [1.82, 2.24) is 0 Å². The van der Waals surface area contributed by atoms with Crippen LogP contribution in [0.2, 0.25) is 0 Å². The zero-order valence-corrected chi connectivity index (χ0v) is 19.3. The molecule has 1 aromatic rings. The largest absolute Gasteiger partial charge is 0.224 e. The van der Waals surface area contributed by atoms with Gasteiger partial charge in [-0.2, -0.15) is 5.26 Å². The van der Waals surface area contributed by atoms with Crippen molar-refractivity contribution in [2.45, 2.75) is 115 Å². The van der Waals surface area contributed by atoms with E-state index in [1.807, 2.05) is 6.07 Å². The maximum atomic E-state index is 12.3. The number of rotatable bonds is 18. The third-order valence-electron chi connectivity index (χ3n) is 5.59. The molecule has 0 aromatic heterocycles. The van der Waals surface area contributed by atoms with Gasteiger partial charge in [-0.1, -0.05) is 109 Å². The van der Waals surface area contributed by atoms with Gasteiger partial charge < -0.3 is 0 Å². The standard InChI is InChI=1S/C25H41NO2S/c1-2-3-4-5-6-7-8-9-10-11-12-13-14-15-16-17-21-29(27,28)25-20-18-19-24(22-25)23-26/h18-20,22H,2-17,21H2,1H3. The predicted octanol–water partition coefficient (Wildman–Crippen LogP) is 7.59. The Hall–Kier alpha value is -1.34. The first-order chi connectivity index (χ1) is 14.1. The lowest BCUT2D eigenvalue weighted by molar-refractivity contribution is 0.531. The summed E-state index contributed by atoms with van der Waals surface area (Å²) in [6.45, 7) is 2.27. The summed E-state index contributed by atoms with van der Waals surface area (Å²) in [5.74, 6) is 0.181. The topological polar surface area (TPSA) is 57.9 Å². The van der Waals surface area contributed by atoms with Gasteiger partial charge in [-0.25, -0.2) is 8.42 Å². The fraction of sp³-hybridized carbons (Fsp3) is 0.720. The number of sulfone groups is 1. The highest BCUT2D eigenvalue weighted by molar-refractivity contribution is 7.91. The van der Waals surface area contributed by atoms with Gasteiger partial charge in [-0.3, -0.25) is 0 Å². The molecule has 164 valence electrons. The molecule has 0 atom stereocenters. The third-order valence-corrected chi connectivity index (χ3v) is 7.39. The summed E-state index contributed by atoms with van der Waals surface area (Å²) in [5.41, 5.74) is 0.401. The predicted molar refractivity (Wildman–Crippen MR) is 123 cm³/mol. The lowest BCUT2D eigenvalue weighted by Crippen LogP contribution is -2.07. The van der Waals surface area contributed by atoms with Crippen molar-refractivity contribution >= 4 is 9.84 Å². The molecule has 0 fully saturated rings. The molecule has 1 rings (SSSR count). The third kappa shape index (κ3) is 12.7. The molecule has 0 aliphatic carbocycles. The van der Waals surface area contributed by atoms with Gasteiger partial charge in [0, 0.05) is 0 Å². The van der Waals surface area contributed by atoms with Crippen LogP contribution in [0.1, 0.15) is 115 Å². The number of benzene rings is 1. The Kier molecular flexibility index (Phi) is 14.6. The number of nitrogens with zero attached hydrogens (tertiary/aromatic N) is 1. The Bertz CT molecular complexity index is 676. The minimum atomic E-state index is -3.26. The Labute approximate surface area is 179 Å². The maximum Gasteiger partial charge on any atom is 0.178 e. The molecular formula is C25H41NO2S. The maximum absolute atomic E-state index is 12.3. The van der Waals surface area contributed by atoms with Crippen molar-refractivity contribution in [3.05, 3.63) is 29.8 Å². The Morgan fingerprint density at radius 2 is 1.17 bits per heavy atom. The van der Waals surface area contributed by atoms with Crippen LogP contribution in [0.5, 0.6) is 0 Å². The highest BCUT2D eigenvalue weighted by atomic mass is 32.2. The quantitative estimate of drug-likeness (QED) is 0.230. The second-order valence-electron chi connectivity index (χ2n) is 8.26. The molecule has 29 heavy (non-hydrogen) atoms. The summed E-state index contributed by atoms with van der Waals surface area (Å²) in [4.78, 5) is 0.275. The molecular weight excluding hydrogens is 378 g/mol. The van der Waals surface area contributed by atoms with Crippen molar-refractivity contribution < 1.29 is 8.42 Å². The van der Waals surface area contributed by atoms with E-state index in [1.165, 1.54) is 89.5 Å². The molecule has 0 aliphatic rings. The number of nitriles is 1. The van der Waals surface area contributed by atoms with Gasteiger partial charge in [0.25, 0.3) is 0 Å². The van der Waals surface area contributed by atoms with Gasteiger partial charge in [0.2, 0.25) is 0 Å². The van der Waals surface area contributed by atoms with E-state index < -0.39 is 9.84 Å². The monoisotopic (exact) mass is 419 g/mol. The summed E-state index contributed by atoms with van der Waals surface area (Å²) in [6, 6.07) is 8.33. The smallest absolute Gasteiger partial charge is 0.178 e. The molecule has 0 heterocycles. The summed E-state index contributed by atoms with van der Waals surface area (Å²) >= 11 is 0. The van der Waals surface area contributed by atoms with Crippen LogP contribution in [0, 0.1) is 11.3 Å². The second kappa shape index (κ2) is 16.5. The molecule has 0 radical (unpaired) electrons. The van der Waals surface area contributed by atoms with Crippen LogP contribution in [0.3, 0.4) is 0 Å². The average molecular weight is 420 g/mol. The molecule has 0 aliphatic heterocycles. The molecule has 0 spiro atoms. The number of hydrogen-bond donors (Lipinski definition) is 0. The summed E-state index contributed by atoms with van der Waals surface area (Å²) < 4.78 is 24.7. The first kappa shape index (κ1) is 25.7. The lowest BCUT2D eigenvalue weighted by atomic mass is 10.0. The zero-order valence-electron chi connectivity index (χ0n) is 18.5. The molecule has 0 saturated carbocycles. The van der Waals surface area contributed by atoms with E-state index in [0.29, 0.717) is 12.0 Å². The zero-order chi connectivity index (χ0) is 21.2. The lowest BCUT2D eigenvalue weighted by Gasteiger charge is -2.05. The van der Waals surface area contributed by atoms with E-state index in [9.17, 15) is 8.42 Å². The normalized spacial score (nSPS) is 11.4. The fourth-order valence-electron chi connectivity index (χ4n) is 3.72. The van der Waals surface area contributed by atoms with Gasteiger partial charge in [0.05, 0.1) is 22.3 Å². The Morgan fingerprint density at radius 3 is 1.62 bits per heavy atom. The van der Waals surface area contributed by atoms with E-state index in [2.05, 4.69) is 6.92 Å². The SMILES string of the molecule is CCCCCCCCCCCCCCCCCCS(=O)(=O)c1cccc(C#N)c1. The van der Waals surface area contributed by atoms with E-state index in [1.54, 1.807) is 18.2 Å². The van der Waals surface area contributed by atoms with Crippen molar-refractivity contribution in [3.8, 4) is 6.07 Å². The van der Waals surface area contributed by atoms with Crippen molar-refractivity contribution in [2.75, 3.05) is 5.75 Å². The summed E-state index contributed by atoms with van der Waals surface area (Å²) in [7, 11) is -3.26. The van der Waals surface area contributed by atoms with Gasteiger partial charge in [0.1, 0.15) is 0 Å². The highest BCUT2D eigenvalue weighted by Crippen LogP contribution is 2.17. The summed E-state index contributed by atoms with van der Waals surface area (Å²) in [6.07, 6.45) is 20.5. The average Bonchev–Trinajstić information content (AvgIpc) is 2.73. The molecule has 0 unspecified atom stereocenters. The highest BCUT2D eigenvalue weighted by Gasteiger charge is 2.14. The fourth-order valence-corrected chi connectivity index (χ4v) is 5.13. The molecule has 0 saturated heterocycles. The van der Waals surface area contributed by atoms with Crippen molar-refractivity contribution in [2.24, 2.45) is 0 Å². The first-order valence-electron chi connectivity index (χ1n) is 11.8. The van der Waals surface area contributed by atoms with E-state index >= 15 is 0 Å². The molecule has 0 bridgehead atoms. The van der Waals surface area contributed by atoms with Crippen LogP contribution in [0.25, 0.3) is 0 Å². The molecule has 1 aromatic carbocycles. The van der Waals surface area contributed by atoms with Gasteiger partial charge in [-0.15, -0.1) is 0 Å². The summed E-state index contributed by atoms with van der Waals surface area (Å²) in [5, 5.41) is 8.91. The molecule has 0 amide bonds. The number of hydrogen-bond acceptors (Lipinski definition) is 3. The van der Waals surface area contributed by atoms with Crippen molar-refractivity contribution in [3.63, 3.8) is 0 Å². The van der Waals surface area contributed by atoms with Crippen LogP contribution < -0.4 is 0 Å².